The molecule has 5 heteroatoms. The first-order valence-electron chi connectivity index (χ1n) is 4.37. The Kier molecular flexibility index (Phi) is 2.32. The Balaban J connectivity index is 2.76. The van der Waals surface area contributed by atoms with Gasteiger partial charge in [0.25, 0.3) is 0 Å². The predicted octanol–water partition coefficient (Wildman–Crippen LogP) is 1.97. The molecule has 0 saturated carbocycles. The molecule has 4 nitrogen and oxygen atoms in total. The van der Waals surface area contributed by atoms with Crippen molar-refractivity contribution in [3.05, 3.63) is 23.3 Å². The normalized spacial score (nSPS) is 10.5. The topological polar surface area (TPSA) is 65.2 Å². The number of fused-ring (bicyclic) bond motifs is 1. The number of aromatic nitrogens is 1. The standard InChI is InChI=1S/C10H10N2O2S/c1-5-3-4-6(9(13)14-2)8-7(5)12-10(11)15-8/h3-4H,1-2H3,(H2,11,12). The lowest BCUT2D eigenvalue weighted by Crippen LogP contribution is -2.01. The fraction of sp³-hybridized carbons (Fsp3) is 0.200. The van der Waals surface area contributed by atoms with Crippen LogP contribution in [0.25, 0.3) is 10.2 Å². The van der Waals surface area contributed by atoms with Gasteiger partial charge in [0.15, 0.2) is 5.13 Å². The van der Waals surface area contributed by atoms with E-state index in [2.05, 4.69) is 4.98 Å². The van der Waals surface area contributed by atoms with E-state index in [1.54, 1.807) is 6.07 Å². The average Bonchev–Trinajstić information content (AvgIpc) is 2.60. The molecule has 0 saturated heterocycles. The molecule has 1 heterocycles. The van der Waals surface area contributed by atoms with Gasteiger partial charge in [0, 0.05) is 0 Å². The third kappa shape index (κ3) is 1.55. The minimum Gasteiger partial charge on any atom is -0.465 e. The van der Waals surface area contributed by atoms with Crippen molar-refractivity contribution in [1.82, 2.24) is 4.98 Å². The number of benzene rings is 1. The molecule has 0 aliphatic heterocycles. The molecule has 0 amide bonds. The van der Waals surface area contributed by atoms with Crippen molar-refractivity contribution in [3.8, 4) is 0 Å². The third-order valence-corrected chi connectivity index (χ3v) is 3.08. The van der Waals surface area contributed by atoms with E-state index in [0.717, 1.165) is 15.8 Å². The van der Waals surface area contributed by atoms with E-state index in [9.17, 15) is 4.79 Å². The van der Waals surface area contributed by atoms with Crippen LogP contribution in [-0.4, -0.2) is 18.1 Å². The molecule has 0 spiro atoms. The summed E-state index contributed by atoms with van der Waals surface area (Å²) in [7, 11) is 1.36. The highest BCUT2D eigenvalue weighted by Gasteiger charge is 2.14. The van der Waals surface area contributed by atoms with Gasteiger partial charge in [0.2, 0.25) is 0 Å². The zero-order chi connectivity index (χ0) is 11.0. The van der Waals surface area contributed by atoms with Gasteiger partial charge in [-0.1, -0.05) is 17.4 Å². The van der Waals surface area contributed by atoms with Crippen LogP contribution in [0.5, 0.6) is 0 Å². The maximum atomic E-state index is 11.5. The Morgan fingerprint density at radius 1 is 1.53 bits per heavy atom. The van der Waals surface area contributed by atoms with E-state index in [1.165, 1.54) is 18.4 Å². The number of anilines is 1. The second kappa shape index (κ2) is 3.51. The highest BCUT2D eigenvalue weighted by Crippen LogP contribution is 2.29. The van der Waals surface area contributed by atoms with E-state index in [0.29, 0.717) is 10.7 Å². The second-order valence-corrected chi connectivity index (χ2v) is 4.18. The van der Waals surface area contributed by atoms with Gasteiger partial charge in [0.1, 0.15) is 0 Å². The molecule has 0 bridgehead atoms. The third-order valence-electron chi connectivity index (χ3n) is 2.17. The summed E-state index contributed by atoms with van der Waals surface area (Å²) in [5, 5.41) is 0.462. The van der Waals surface area contributed by atoms with Crippen LogP contribution in [-0.2, 0) is 4.74 Å². The number of ether oxygens (including phenoxy) is 1. The fourth-order valence-corrected chi connectivity index (χ4v) is 2.33. The summed E-state index contributed by atoms with van der Waals surface area (Å²) in [6.07, 6.45) is 0. The number of carbonyl (C=O) groups excluding carboxylic acids is 1. The van der Waals surface area contributed by atoms with Gasteiger partial charge >= 0.3 is 5.97 Å². The molecule has 2 rings (SSSR count). The summed E-state index contributed by atoms with van der Waals surface area (Å²) in [6, 6.07) is 3.58. The summed E-state index contributed by atoms with van der Waals surface area (Å²) < 4.78 is 5.48. The van der Waals surface area contributed by atoms with E-state index < -0.39 is 0 Å². The summed E-state index contributed by atoms with van der Waals surface area (Å²) in [4.78, 5) is 15.6. The quantitative estimate of drug-likeness (QED) is 0.749. The van der Waals surface area contributed by atoms with E-state index in [1.807, 2.05) is 13.0 Å². The Morgan fingerprint density at radius 3 is 2.93 bits per heavy atom. The molecule has 1 aromatic carbocycles. The molecule has 2 aromatic rings. The lowest BCUT2D eigenvalue weighted by molar-refractivity contribution is 0.0603. The zero-order valence-corrected chi connectivity index (χ0v) is 9.22. The van der Waals surface area contributed by atoms with Gasteiger partial charge < -0.3 is 10.5 Å². The maximum Gasteiger partial charge on any atom is 0.339 e. The molecule has 15 heavy (non-hydrogen) atoms. The molecule has 0 radical (unpaired) electrons. The highest BCUT2D eigenvalue weighted by atomic mass is 32.1. The van der Waals surface area contributed by atoms with Crippen LogP contribution in [0.1, 0.15) is 15.9 Å². The van der Waals surface area contributed by atoms with E-state index >= 15 is 0 Å². The molecule has 0 aliphatic carbocycles. The molecule has 0 fully saturated rings. The van der Waals surface area contributed by atoms with Crippen molar-refractivity contribution >= 4 is 32.7 Å². The van der Waals surface area contributed by atoms with Crippen LogP contribution in [0, 0.1) is 6.92 Å². The van der Waals surface area contributed by atoms with E-state index in [-0.39, 0.29) is 5.97 Å². The van der Waals surface area contributed by atoms with E-state index in [4.69, 9.17) is 10.5 Å². The van der Waals surface area contributed by atoms with Crippen molar-refractivity contribution in [2.75, 3.05) is 12.8 Å². The van der Waals surface area contributed by atoms with Gasteiger partial charge in [-0.3, -0.25) is 0 Å². The first-order chi connectivity index (χ1) is 7.13. The molecule has 2 N–H and O–H groups in total. The Morgan fingerprint density at radius 2 is 2.27 bits per heavy atom. The smallest absolute Gasteiger partial charge is 0.339 e. The van der Waals surface area contributed by atoms with Gasteiger partial charge in [-0.25, -0.2) is 9.78 Å². The van der Waals surface area contributed by atoms with Crippen LogP contribution >= 0.6 is 11.3 Å². The number of thiazole rings is 1. The Bertz CT molecular complexity index is 533. The van der Waals surface area contributed by atoms with Crippen molar-refractivity contribution < 1.29 is 9.53 Å². The first kappa shape index (κ1) is 9.92. The van der Waals surface area contributed by atoms with Gasteiger partial charge in [0.05, 0.1) is 22.9 Å². The number of nitrogen functional groups attached to an aromatic ring is 1. The molecule has 0 unspecified atom stereocenters. The fourth-order valence-electron chi connectivity index (χ4n) is 1.42. The number of methoxy groups -OCH3 is 1. The number of aryl methyl sites for hydroxylation is 1. The zero-order valence-electron chi connectivity index (χ0n) is 8.40. The average molecular weight is 222 g/mol. The highest BCUT2D eigenvalue weighted by molar-refractivity contribution is 7.22. The minimum atomic E-state index is -0.358. The summed E-state index contributed by atoms with van der Waals surface area (Å²) >= 11 is 1.30. The maximum absolute atomic E-state index is 11.5. The van der Waals surface area contributed by atoms with Crippen LogP contribution in [0.3, 0.4) is 0 Å². The van der Waals surface area contributed by atoms with Crippen LogP contribution in [0.4, 0.5) is 5.13 Å². The summed E-state index contributed by atoms with van der Waals surface area (Å²) in [5.74, 6) is -0.358. The van der Waals surface area contributed by atoms with Crippen molar-refractivity contribution in [1.29, 1.82) is 0 Å². The predicted molar refractivity (Wildman–Crippen MR) is 60.1 cm³/mol. The molecule has 1 aromatic heterocycles. The number of nitrogens with zero attached hydrogens (tertiary/aromatic N) is 1. The lowest BCUT2D eigenvalue weighted by Gasteiger charge is -2.01. The number of rotatable bonds is 1. The van der Waals surface area contributed by atoms with Crippen LogP contribution < -0.4 is 5.73 Å². The number of hydrogen-bond acceptors (Lipinski definition) is 5. The van der Waals surface area contributed by atoms with Crippen molar-refractivity contribution in [2.24, 2.45) is 0 Å². The van der Waals surface area contributed by atoms with Crippen LogP contribution in [0.2, 0.25) is 0 Å². The molecular formula is C10H10N2O2S. The number of nitrogens with two attached hydrogens (primary N) is 1. The number of carbonyl (C=O) groups is 1. The van der Waals surface area contributed by atoms with Gasteiger partial charge in [-0.2, -0.15) is 0 Å². The largest absolute Gasteiger partial charge is 0.465 e. The summed E-state index contributed by atoms with van der Waals surface area (Å²) in [5.41, 5.74) is 7.93. The first-order valence-corrected chi connectivity index (χ1v) is 5.19. The second-order valence-electron chi connectivity index (χ2n) is 3.15. The van der Waals surface area contributed by atoms with Crippen molar-refractivity contribution in [3.63, 3.8) is 0 Å². The SMILES string of the molecule is COC(=O)c1ccc(C)c2nc(N)sc12. The molecular weight excluding hydrogens is 212 g/mol. The molecule has 0 aliphatic rings. The number of esters is 1. The molecule has 78 valence electrons. The molecule has 0 atom stereocenters. The van der Waals surface area contributed by atoms with Gasteiger partial charge in [-0.05, 0) is 18.6 Å². The minimum absolute atomic E-state index is 0.358. The van der Waals surface area contributed by atoms with Gasteiger partial charge in [-0.15, -0.1) is 0 Å². The van der Waals surface area contributed by atoms with Crippen LogP contribution in [0.15, 0.2) is 12.1 Å². The Hall–Kier alpha value is -1.62. The van der Waals surface area contributed by atoms with Crippen molar-refractivity contribution in [2.45, 2.75) is 6.92 Å². The lowest BCUT2D eigenvalue weighted by atomic mass is 10.1. The monoisotopic (exact) mass is 222 g/mol. The number of hydrogen-bond donors (Lipinski definition) is 1. The summed E-state index contributed by atoms with van der Waals surface area (Å²) in [6.45, 7) is 1.93. The Labute approximate surface area is 90.7 Å².